The molecule has 0 fully saturated rings. The summed E-state index contributed by atoms with van der Waals surface area (Å²) in [6.07, 6.45) is 4.66. The molecule has 1 atom stereocenters. The normalized spacial score (nSPS) is 12.1. The van der Waals surface area contributed by atoms with Gasteiger partial charge < -0.3 is 24.7 Å². The average molecular weight is 473 g/mol. The van der Waals surface area contributed by atoms with Crippen molar-refractivity contribution in [2.45, 2.75) is 18.3 Å². The van der Waals surface area contributed by atoms with Gasteiger partial charge in [0, 0.05) is 38.3 Å². The van der Waals surface area contributed by atoms with Gasteiger partial charge in [0.2, 0.25) is 0 Å². The molecule has 0 radical (unpaired) electrons. The van der Waals surface area contributed by atoms with Crippen LogP contribution >= 0.6 is 0 Å². The van der Waals surface area contributed by atoms with Crippen LogP contribution in [0.25, 0.3) is 0 Å². The monoisotopic (exact) mass is 472 g/mol. The van der Waals surface area contributed by atoms with Crippen LogP contribution in [0.4, 0.5) is 4.79 Å². The molecule has 0 aliphatic heterocycles. The summed E-state index contributed by atoms with van der Waals surface area (Å²) in [5.74, 6) is 1.82. The quantitative estimate of drug-likeness (QED) is 0.495. The molecule has 0 bridgehead atoms. The number of imidazole rings is 1. The van der Waals surface area contributed by atoms with Crippen molar-refractivity contribution in [2.24, 2.45) is 7.05 Å². The zero-order valence-electron chi connectivity index (χ0n) is 19.0. The maximum absolute atomic E-state index is 12.8. The second kappa shape index (κ2) is 10.4. The number of carbonyl (C=O) groups excluding carboxylic acids is 1. The molecule has 33 heavy (non-hydrogen) atoms. The Morgan fingerprint density at radius 2 is 1.67 bits per heavy atom. The highest BCUT2D eigenvalue weighted by Gasteiger charge is 2.22. The summed E-state index contributed by atoms with van der Waals surface area (Å²) in [7, 11) is 1.89. The number of hydrogen-bond acceptors (Lipinski definition) is 6. The third-order valence-electron chi connectivity index (χ3n) is 5.00. The van der Waals surface area contributed by atoms with E-state index in [-0.39, 0.29) is 18.3 Å². The highest BCUT2D eigenvalue weighted by Crippen LogP contribution is 2.29. The molecule has 2 N–H and O–H groups in total. The lowest BCUT2D eigenvalue weighted by atomic mass is 10.1. The summed E-state index contributed by atoms with van der Waals surface area (Å²) in [5, 5.41) is 5.81. The maximum Gasteiger partial charge on any atom is 0.315 e. The van der Waals surface area contributed by atoms with Gasteiger partial charge in [0.1, 0.15) is 23.4 Å². The minimum atomic E-state index is -3.10. The number of amides is 2. The zero-order valence-corrected chi connectivity index (χ0v) is 19.8. The van der Waals surface area contributed by atoms with Crippen LogP contribution in [-0.2, 0) is 29.2 Å². The average Bonchev–Trinajstić information content (AvgIpc) is 3.21. The molecular weight excluding hydrogens is 444 g/mol. The largest absolute Gasteiger partial charge is 0.497 e. The Kier molecular flexibility index (Phi) is 7.59. The molecule has 0 aliphatic carbocycles. The molecule has 9 nitrogen and oxygen atoms in total. The lowest BCUT2D eigenvalue weighted by Gasteiger charge is -2.21. The first-order chi connectivity index (χ1) is 15.7. The van der Waals surface area contributed by atoms with E-state index in [0.29, 0.717) is 22.9 Å². The Morgan fingerprint density at radius 3 is 2.18 bits per heavy atom. The zero-order chi connectivity index (χ0) is 24.0. The molecule has 176 valence electrons. The van der Waals surface area contributed by atoms with Crippen molar-refractivity contribution in [3.8, 4) is 11.5 Å². The van der Waals surface area contributed by atoms with Crippen LogP contribution in [0.5, 0.6) is 11.5 Å². The fourth-order valence-corrected chi connectivity index (χ4v) is 4.17. The molecule has 0 saturated carbocycles. The first kappa shape index (κ1) is 24.1. The molecular formula is C23H28N4O5S. The lowest BCUT2D eigenvalue weighted by molar-refractivity contribution is 0.237. The third-order valence-corrected chi connectivity index (χ3v) is 5.86. The first-order valence-electron chi connectivity index (χ1n) is 10.2. The third kappa shape index (κ3) is 6.72. The van der Waals surface area contributed by atoms with Crippen LogP contribution in [-0.4, -0.2) is 44.5 Å². The number of methoxy groups -OCH3 is 2. The van der Waals surface area contributed by atoms with Crippen molar-refractivity contribution in [3.05, 3.63) is 77.4 Å². The van der Waals surface area contributed by atoms with E-state index in [0.717, 1.165) is 11.1 Å². The standard InChI is InChI=1S/C23H28N4O5S/c1-27-10-9-24-22(27)21(18-11-19(31-2)13-20(12-18)32-3)26-23(28)25-14-16-5-7-17(8-6-16)15-33(4,29)30/h5-13,21H,14-15H2,1-4H3,(H2,25,26,28). The number of nitrogens with zero attached hydrogens (tertiary/aromatic N) is 2. The molecule has 0 spiro atoms. The van der Waals surface area contributed by atoms with Crippen LogP contribution < -0.4 is 20.1 Å². The van der Waals surface area contributed by atoms with Crippen molar-refractivity contribution in [1.82, 2.24) is 20.2 Å². The van der Waals surface area contributed by atoms with Gasteiger partial charge in [0.25, 0.3) is 0 Å². The van der Waals surface area contributed by atoms with Gasteiger partial charge in [-0.3, -0.25) is 0 Å². The Labute approximate surface area is 193 Å². The highest BCUT2D eigenvalue weighted by atomic mass is 32.2. The number of ether oxygens (including phenoxy) is 2. The lowest BCUT2D eigenvalue weighted by Crippen LogP contribution is -2.39. The molecule has 2 amide bonds. The van der Waals surface area contributed by atoms with Crippen molar-refractivity contribution in [3.63, 3.8) is 0 Å². The van der Waals surface area contributed by atoms with Gasteiger partial charge in [-0.15, -0.1) is 0 Å². The Bertz CT molecular complexity index is 1180. The number of nitrogens with one attached hydrogen (secondary N) is 2. The minimum Gasteiger partial charge on any atom is -0.497 e. The topological polar surface area (TPSA) is 112 Å². The van der Waals surface area contributed by atoms with Crippen molar-refractivity contribution in [1.29, 1.82) is 0 Å². The van der Waals surface area contributed by atoms with E-state index in [1.165, 1.54) is 6.26 Å². The number of urea groups is 1. The van der Waals surface area contributed by atoms with Crippen LogP contribution in [0.3, 0.4) is 0 Å². The van der Waals surface area contributed by atoms with Crippen LogP contribution in [0.2, 0.25) is 0 Å². The Balaban J connectivity index is 1.74. The number of aryl methyl sites for hydroxylation is 1. The summed E-state index contributed by atoms with van der Waals surface area (Å²) in [6.45, 7) is 0.277. The number of rotatable bonds is 9. The van der Waals surface area contributed by atoms with E-state index in [2.05, 4.69) is 15.6 Å². The summed E-state index contributed by atoms with van der Waals surface area (Å²) >= 11 is 0. The van der Waals surface area contributed by atoms with Crippen molar-refractivity contribution >= 4 is 15.9 Å². The Hall–Kier alpha value is -3.53. The van der Waals surface area contributed by atoms with Gasteiger partial charge in [0.05, 0.1) is 20.0 Å². The fourth-order valence-electron chi connectivity index (χ4n) is 3.37. The molecule has 0 aliphatic rings. The maximum atomic E-state index is 12.8. The second-order valence-electron chi connectivity index (χ2n) is 7.69. The van der Waals surface area contributed by atoms with Crippen LogP contribution in [0.15, 0.2) is 54.9 Å². The molecule has 10 heteroatoms. The summed E-state index contributed by atoms with van der Waals surface area (Å²) < 4.78 is 35.4. The molecule has 1 aromatic heterocycles. The van der Waals surface area contributed by atoms with Crippen molar-refractivity contribution in [2.75, 3.05) is 20.5 Å². The molecule has 1 unspecified atom stereocenters. The van der Waals surface area contributed by atoms with Gasteiger partial charge >= 0.3 is 6.03 Å². The molecule has 1 heterocycles. The number of carbonyl (C=O) groups is 1. The molecule has 2 aromatic carbocycles. The van der Waals surface area contributed by atoms with E-state index >= 15 is 0 Å². The summed E-state index contributed by atoms with van der Waals surface area (Å²) in [5.41, 5.74) is 2.30. The summed E-state index contributed by atoms with van der Waals surface area (Å²) in [6, 6.07) is 11.5. The van der Waals surface area contributed by atoms with Crippen LogP contribution in [0, 0.1) is 0 Å². The molecule has 0 saturated heterocycles. The van der Waals surface area contributed by atoms with Gasteiger partial charge in [-0.1, -0.05) is 24.3 Å². The van der Waals surface area contributed by atoms with Gasteiger partial charge in [-0.05, 0) is 28.8 Å². The second-order valence-corrected chi connectivity index (χ2v) is 9.83. The number of sulfone groups is 1. The minimum absolute atomic E-state index is 0.0173. The summed E-state index contributed by atoms with van der Waals surface area (Å²) in [4.78, 5) is 17.2. The molecule has 3 aromatic rings. The SMILES string of the molecule is COc1cc(OC)cc(C(NC(=O)NCc2ccc(CS(C)(=O)=O)cc2)c2nccn2C)c1. The number of benzene rings is 2. The van der Waals surface area contributed by atoms with Crippen LogP contribution in [0.1, 0.15) is 28.6 Å². The smallest absolute Gasteiger partial charge is 0.315 e. The van der Waals surface area contributed by atoms with Crippen molar-refractivity contribution < 1.29 is 22.7 Å². The predicted octanol–water partition coefficient (Wildman–Crippen LogP) is 2.57. The number of aromatic nitrogens is 2. The van der Waals surface area contributed by atoms with E-state index in [9.17, 15) is 13.2 Å². The van der Waals surface area contributed by atoms with E-state index in [4.69, 9.17) is 9.47 Å². The fraction of sp³-hybridized carbons (Fsp3) is 0.304. The molecule has 3 rings (SSSR count). The van der Waals surface area contributed by atoms with E-state index in [1.54, 1.807) is 56.9 Å². The van der Waals surface area contributed by atoms with Gasteiger partial charge in [-0.25, -0.2) is 18.2 Å². The van der Waals surface area contributed by atoms with Gasteiger partial charge in [-0.2, -0.15) is 0 Å². The predicted molar refractivity (Wildman–Crippen MR) is 125 cm³/mol. The van der Waals surface area contributed by atoms with E-state index < -0.39 is 15.9 Å². The Morgan fingerprint density at radius 1 is 1.06 bits per heavy atom. The van der Waals surface area contributed by atoms with E-state index in [1.807, 2.05) is 23.7 Å². The highest BCUT2D eigenvalue weighted by molar-refractivity contribution is 7.89. The number of hydrogen-bond donors (Lipinski definition) is 2. The first-order valence-corrected chi connectivity index (χ1v) is 12.2. The van der Waals surface area contributed by atoms with Gasteiger partial charge in [0.15, 0.2) is 9.84 Å².